The summed E-state index contributed by atoms with van der Waals surface area (Å²) in [5, 5.41) is 42.7. The standard InChI is InChI=1S/2C27H26ClF4N9O5S/c2*28-16-5-3-15(4-6-16)23-37-40(26(44)39(23)13-20(42)27(30,31)32)14-21-35-25(38-8-10-47(45,46)11-9-38)41(36-21)19-2-1-7-33-22(19)24(43)34-18-12-17(18)29/h2*1-7,17-18,20,42H,8-14H2,(H,34,43)/t17-,18-,20+;17-,18-,20-/m01/s1. The number of benzene rings is 2. The van der Waals surface area contributed by atoms with E-state index >= 15 is 0 Å². The van der Waals surface area contributed by atoms with Crippen molar-refractivity contribution in [3.8, 4) is 34.2 Å². The molecule has 2 amide bonds. The first-order valence-corrected chi connectivity index (χ1v) is 32.8. The molecule has 4 N–H and O–H groups in total. The highest BCUT2D eigenvalue weighted by molar-refractivity contribution is 7.91. The van der Waals surface area contributed by atoms with Gasteiger partial charge in [-0.25, -0.2) is 54.5 Å². The highest BCUT2D eigenvalue weighted by Gasteiger charge is 2.43. The number of pyridine rings is 2. The van der Waals surface area contributed by atoms with Crippen LogP contribution in [0.25, 0.3) is 34.2 Å². The molecule has 2 aromatic carbocycles. The van der Waals surface area contributed by atoms with E-state index in [1.807, 2.05) is 0 Å². The Balaban J connectivity index is 0.000000192. The van der Waals surface area contributed by atoms with Gasteiger partial charge in [-0.1, -0.05) is 23.2 Å². The van der Waals surface area contributed by atoms with Crippen molar-refractivity contribution < 1.29 is 71.8 Å². The number of rotatable bonds is 18. The predicted octanol–water partition coefficient (Wildman–Crippen LogP) is 2.77. The minimum absolute atomic E-state index is 0.0263. The maximum atomic E-state index is 13.5. The van der Waals surface area contributed by atoms with E-state index in [-0.39, 0.29) is 131 Å². The van der Waals surface area contributed by atoms with Crippen LogP contribution in [0, 0.1) is 0 Å². The fourth-order valence-corrected chi connectivity index (χ4v) is 12.5. The van der Waals surface area contributed by atoms with E-state index in [0.717, 1.165) is 9.36 Å². The lowest BCUT2D eigenvalue weighted by molar-refractivity contribution is -0.207. The summed E-state index contributed by atoms with van der Waals surface area (Å²) in [4.78, 5) is 73.5. The van der Waals surface area contributed by atoms with Gasteiger partial charge >= 0.3 is 23.7 Å². The molecule has 2 saturated heterocycles. The van der Waals surface area contributed by atoms with Crippen molar-refractivity contribution in [2.75, 3.05) is 59.0 Å². The first-order chi connectivity index (χ1) is 44.4. The molecule has 6 atom stereocenters. The van der Waals surface area contributed by atoms with Crippen LogP contribution < -0.4 is 31.8 Å². The Kier molecular flexibility index (Phi) is 18.6. The minimum Gasteiger partial charge on any atom is -0.382 e. The van der Waals surface area contributed by atoms with Crippen molar-refractivity contribution in [1.29, 1.82) is 0 Å². The van der Waals surface area contributed by atoms with Crippen LogP contribution in [-0.4, -0.2) is 205 Å². The number of amides is 2. The van der Waals surface area contributed by atoms with E-state index in [0.29, 0.717) is 19.2 Å². The Morgan fingerprint density at radius 2 is 0.904 bits per heavy atom. The lowest BCUT2D eigenvalue weighted by atomic mass is 10.2. The molecule has 0 spiro atoms. The van der Waals surface area contributed by atoms with Crippen LogP contribution in [0.2, 0.25) is 10.0 Å². The molecule has 2 aliphatic heterocycles. The highest BCUT2D eigenvalue weighted by Crippen LogP contribution is 2.31. The van der Waals surface area contributed by atoms with Gasteiger partial charge in [0.2, 0.25) is 11.9 Å². The summed E-state index contributed by atoms with van der Waals surface area (Å²) in [5.41, 5.74) is -1.54. The number of hydrogen-bond acceptors (Lipinski definition) is 20. The zero-order valence-corrected chi connectivity index (χ0v) is 51.5. The molecule has 2 aliphatic carbocycles. The molecule has 40 heteroatoms. The number of carbonyl (C=O) groups excluding carboxylic acids is 2. The SMILES string of the molecule is O=C(N[C@@H]1C[C@H]1F)c1ncccc1-n1nc(Cn2nc(-c3ccc(Cl)cc3)n(C[C@@H](O)C(F)(F)F)c2=O)nc1N1CCS(=O)(=O)CC1.O=C(N[C@H]1C[C@@H]1F)c1ncccc1-n1nc(Cn2nc(-c3ccc(Cl)cc3)n(C[C@@H](O)C(F)(F)F)c2=O)nc1N1CCS(=O)(=O)CC1. The van der Waals surface area contributed by atoms with Crippen LogP contribution in [0.15, 0.2) is 94.8 Å². The molecule has 8 aromatic rings. The van der Waals surface area contributed by atoms with Crippen molar-refractivity contribution in [1.82, 2.24) is 78.8 Å². The second kappa shape index (κ2) is 26.2. The van der Waals surface area contributed by atoms with E-state index in [2.05, 4.69) is 51.0 Å². The van der Waals surface area contributed by atoms with Crippen molar-refractivity contribution in [2.45, 2.75) is 88.0 Å². The van der Waals surface area contributed by atoms with Gasteiger partial charge in [-0.2, -0.15) is 45.7 Å². The van der Waals surface area contributed by atoms with Crippen LogP contribution in [0.3, 0.4) is 0 Å². The first kappa shape index (κ1) is 66.7. The second-order valence-corrected chi connectivity index (χ2v) is 27.5. The lowest BCUT2D eigenvalue weighted by Crippen LogP contribution is -2.41. The van der Waals surface area contributed by atoms with Gasteiger partial charge in [0, 0.05) is 72.6 Å². The smallest absolute Gasteiger partial charge is 0.382 e. The zero-order chi connectivity index (χ0) is 67.3. The van der Waals surface area contributed by atoms with E-state index < -0.39 is 118 Å². The van der Waals surface area contributed by atoms with Gasteiger partial charge in [0.15, 0.2) is 66.6 Å². The molecule has 4 fully saturated rings. The van der Waals surface area contributed by atoms with Crippen LogP contribution in [0.5, 0.6) is 0 Å². The first-order valence-electron chi connectivity index (χ1n) is 28.4. The number of halogens is 10. The number of nitrogens with zero attached hydrogens (tertiary/aromatic N) is 16. The van der Waals surface area contributed by atoms with Crippen molar-refractivity contribution in [2.24, 2.45) is 0 Å². The molecule has 500 valence electrons. The number of sulfone groups is 2. The van der Waals surface area contributed by atoms with E-state index in [1.165, 1.54) is 94.6 Å². The highest BCUT2D eigenvalue weighted by atomic mass is 35.5. The summed E-state index contributed by atoms with van der Waals surface area (Å²) in [5.74, 6) is -2.43. The third kappa shape index (κ3) is 15.1. The number of nitrogens with one attached hydrogen (secondary N) is 2. The quantitative estimate of drug-likeness (QED) is 0.0897. The van der Waals surface area contributed by atoms with E-state index in [1.54, 1.807) is 9.80 Å². The molecule has 4 aliphatic rings. The van der Waals surface area contributed by atoms with Gasteiger partial charge in [-0.05, 0) is 72.8 Å². The van der Waals surface area contributed by atoms with E-state index in [9.17, 15) is 81.4 Å². The molecule has 2 saturated carbocycles. The lowest BCUT2D eigenvalue weighted by Gasteiger charge is -2.27. The van der Waals surface area contributed by atoms with Gasteiger partial charge in [0.1, 0.15) is 25.4 Å². The number of aliphatic hydroxyl groups excluding tert-OH is 2. The summed E-state index contributed by atoms with van der Waals surface area (Å²) >= 11 is 11.9. The Morgan fingerprint density at radius 3 is 1.22 bits per heavy atom. The van der Waals surface area contributed by atoms with Gasteiger partial charge in [-0.15, -0.1) is 20.4 Å². The molecule has 8 heterocycles. The van der Waals surface area contributed by atoms with Gasteiger partial charge < -0.3 is 30.6 Å². The van der Waals surface area contributed by atoms with Crippen molar-refractivity contribution in [3.05, 3.63) is 139 Å². The molecule has 94 heavy (non-hydrogen) atoms. The van der Waals surface area contributed by atoms with Crippen LogP contribution in [-0.2, 0) is 45.9 Å². The minimum atomic E-state index is -5.02. The maximum Gasteiger partial charge on any atom is 0.416 e. The van der Waals surface area contributed by atoms with Gasteiger partial charge in [0.25, 0.3) is 11.8 Å². The summed E-state index contributed by atoms with van der Waals surface area (Å²) in [6.45, 7) is -3.12. The number of anilines is 2. The third-order valence-electron chi connectivity index (χ3n) is 15.1. The maximum absolute atomic E-state index is 13.5. The summed E-state index contributed by atoms with van der Waals surface area (Å²) in [7, 11) is -6.62. The Labute approximate surface area is 535 Å². The number of carbonyl (C=O) groups is 2. The number of aromatic nitrogens is 14. The topological polar surface area (TPSA) is 340 Å². The summed E-state index contributed by atoms with van der Waals surface area (Å²) in [6.07, 6.45) is -15.1. The molecule has 6 aromatic heterocycles. The van der Waals surface area contributed by atoms with Crippen molar-refractivity contribution in [3.63, 3.8) is 0 Å². The Hall–Kier alpha value is -8.72. The summed E-state index contributed by atoms with van der Waals surface area (Å²) < 4.78 is 161. The zero-order valence-electron chi connectivity index (χ0n) is 48.4. The third-order valence-corrected chi connectivity index (χ3v) is 18.9. The van der Waals surface area contributed by atoms with Crippen molar-refractivity contribution >= 4 is 66.6 Å². The largest absolute Gasteiger partial charge is 0.416 e. The van der Waals surface area contributed by atoms with Gasteiger partial charge in [0.05, 0.1) is 59.6 Å². The normalized spacial score (nSPS) is 19.8. The molecular formula is C54H52Cl2F8N18O10S2. The average Bonchev–Trinajstić information content (AvgIpc) is 1.53. The number of hydrogen-bond donors (Lipinski definition) is 4. The molecular weight excluding hydrogens is 1350 g/mol. The Bertz CT molecular complexity index is 4220. The fraction of sp³-hybridized carbons (Fsp3) is 0.407. The molecule has 0 radical (unpaired) electrons. The second-order valence-electron chi connectivity index (χ2n) is 22.0. The molecule has 0 unspecified atom stereocenters. The molecule has 28 nitrogen and oxygen atoms in total. The van der Waals surface area contributed by atoms with Crippen LogP contribution >= 0.6 is 23.2 Å². The van der Waals surface area contributed by atoms with E-state index in [4.69, 9.17) is 23.2 Å². The molecule has 0 bridgehead atoms. The monoisotopic (exact) mass is 1400 g/mol. The van der Waals surface area contributed by atoms with Crippen LogP contribution in [0.4, 0.5) is 47.0 Å². The predicted molar refractivity (Wildman–Crippen MR) is 318 cm³/mol. The average molecular weight is 1400 g/mol. The van der Waals surface area contributed by atoms with Gasteiger partial charge in [-0.3, -0.25) is 18.7 Å². The fourth-order valence-electron chi connectivity index (χ4n) is 9.83. The molecule has 12 rings (SSSR count). The van der Waals surface area contributed by atoms with Crippen LogP contribution in [0.1, 0.15) is 45.5 Å². The summed E-state index contributed by atoms with van der Waals surface area (Å²) in [6, 6.07) is 16.3. The number of aliphatic hydroxyl groups is 2. The Morgan fingerprint density at radius 1 is 0.564 bits per heavy atom. The number of alkyl halides is 8.